The van der Waals surface area contributed by atoms with Gasteiger partial charge >= 0.3 is 0 Å². The first-order valence-corrected chi connectivity index (χ1v) is 6.81. The molecule has 0 unspecified atom stereocenters. The van der Waals surface area contributed by atoms with Crippen LogP contribution in [0.5, 0.6) is 0 Å². The molecule has 0 aliphatic rings. The van der Waals surface area contributed by atoms with Crippen molar-refractivity contribution in [3.8, 4) is 0 Å². The minimum Gasteiger partial charge on any atom is -0.388 e. The number of hydrogen-bond donors (Lipinski definition) is 1. The molecule has 90 valence electrons. The third-order valence-corrected chi connectivity index (χ3v) is 4.85. The molecule has 1 aromatic rings. The monoisotopic (exact) mass is 261 g/mol. The smallest absolute Gasteiger partial charge is 0.294 e. The minimum atomic E-state index is -0.642. The SMILES string of the molecule is CC(C)CSc1sc([C@@H](C)O)cc1[N+](=O)[O-]. The van der Waals surface area contributed by atoms with Crippen LogP contribution in [0.25, 0.3) is 0 Å². The molecule has 0 aliphatic heterocycles. The van der Waals surface area contributed by atoms with Gasteiger partial charge in [0.05, 0.1) is 11.0 Å². The van der Waals surface area contributed by atoms with E-state index in [-0.39, 0.29) is 10.6 Å². The number of nitrogens with zero attached hydrogens (tertiary/aromatic N) is 1. The van der Waals surface area contributed by atoms with Crippen molar-refractivity contribution in [2.45, 2.75) is 31.1 Å². The molecule has 0 saturated carbocycles. The van der Waals surface area contributed by atoms with Gasteiger partial charge in [-0.15, -0.1) is 23.1 Å². The zero-order valence-electron chi connectivity index (χ0n) is 9.47. The third-order valence-electron chi connectivity index (χ3n) is 1.85. The van der Waals surface area contributed by atoms with E-state index in [0.717, 1.165) is 5.75 Å². The lowest BCUT2D eigenvalue weighted by atomic mass is 10.3. The molecule has 1 aromatic heterocycles. The Morgan fingerprint density at radius 2 is 2.19 bits per heavy atom. The second-order valence-electron chi connectivity index (χ2n) is 3.96. The number of aliphatic hydroxyl groups excluding tert-OH is 1. The maximum atomic E-state index is 10.8. The van der Waals surface area contributed by atoms with Crippen LogP contribution in [-0.2, 0) is 0 Å². The Hall–Kier alpha value is -0.590. The second kappa shape index (κ2) is 5.65. The van der Waals surface area contributed by atoms with Crippen molar-refractivity contribution in [3.05, 3.63) is 21.1 Å². The van der Waals surface area contributed by atoms with E-state index in [9.17, 15) is 15.2 Å². The molecule has 1 atom stereocenters. The summed E-state index contributed by atoms with van der Waals surface area (Å²) in [4.78, 5) is 11.1. The molecular formula is C10H15NO3S2. The summed E-state index contributed by atoms with van der Waals surface area (Å²) >= 11 is 2.80. The van der Waals surface area contributed by atoms with Gasteiger partial charge in [0.15, 0.2) is 0 Å². The van der Waals surface area contributed by atoms with Crippen molar-refractivity contribution in [2.75, 3.05) is 5.75 Å². The lowest BCUT2D eigenvalue weighted by molar-refractivity contribution is -0.387. The predicted octanol–water partition coefficient (Wildman–Crippen LogP) is 3.46. The average molecular weight is 261 g/mol. The molecule has 16 heavy (non-hydrogen) atoms. The van der Waals surface area contributed by atoms with Crippen LogP contribution in [0, 0.1) is 16.0 Å². The highest BCUT2D eigenvalue weighted by molar-refractivity contribution is 8.01. The number of nitro groups is 1. The van der Waals surface area contributed by atoms with Gasteiger partial charge in [-0.05, 0) is 12.8 Å². The summed E-state index contributed by atoms with van der Waals surface area (Å²) in [6.45, 7) is 5.76. The zero-order chi connectivity index (χ0) is 12.3. The van der Waals surface area contributed by atoms with Crippen molar-refractivity contribution >= 4 is 28.8 Å². The molecule has 0 aliphatic carbocycles. The highest BCUT2D eigenvalue weighted by Gasteiger charge is 2.21. The summed E-state index contributed by atoms with van der Waals surface area (Å²) in [5, 5.41) is 20.2. The van der Waals surface area contributed by atoms with Gasteiger partial charge in [0.2, 0.25) is 0 Å². The van der Waals surface area contributed by atoms with Crippen molar-refractivity contribution < 1.29 is 10.0 Å². The molecule has 0 bridgehead atoms. The predicted molar refractivity (Wildman–Crippen MR) is 67.2 cm³/mol. The highest BCUT2D eigenvalue weighted by Crippen LogP contribution is 2.40. The first kappa shape index (κ1) is 13.5. The van der Waals surface area contributed by atoms with Crippen LogP contribution < -0.4 is 0 Å². The lowest BCUT2D eigenvalue weighted by Crippen LogP contribution is -1.91. The summed E-state index contributed by atoms with van der Waals surface area (Å²) in [5.74, 6) is 1.34. The number of hydrogen-bond acceptors (Lipinski definition) is 5. The standard InChI is InChI=1S/C10H15NO3S2/c1-6(2)5-15-10-8(11(13)14)4-9(16-10)7(3)12/h4,6-7,12H,5H2,1-3H3/t7-/m1/s1. The van der Waals surface area contributed by atoms with E-state index in [1.54, 1.807) is 6.92 Å². The second-order valence-corrected chi connectivity index (χ2v) is 6.33. The average Bonchev–Trinajstić information content (AvgIpc) is 2.58. The summed E-state index contributed by atoms with van der Waals surface area (Å²) in [6, 6.07) is 1.47. The molecule has 6 heteroatoms. The third kappa shape index (κ3) is 3.47. The summed E-state index contributed by atoms with van der Waals surface area (Å²) in [5.41, 5.74) is 0.117. The Labute approximate surface area is 103 Å². The van der Waals surface area contributed by atoms with Gasteiger partial charge in [-0.3, -0.25) is 10.1 Å². The van der Waals surface area contributed by atoms with Gasteiger partial charge in [-0.1, -0.05) is 13.8 Å². The van der Waals surface area contributed by atoms with Crippen molar-refractivity contribution in [1.82, 2.24) is 0 Å². The van der Waals surface area contributed by atoms with E-state index in [2.05, 4.69) is 13.8 Å². The largest absolute Gasteiger partial charge is 0.388 e. The summed E-state index contributed by atoms with van der Waals surface area (Å²) in [7, 11) is 0. The van der Waals surface area contributed by atoms with Gasteiger partial charge < -0.3 is 5.11 Å². The first-order valence-electron chi connectivity index (χ1n) is 5.00. The van der Waals surface area contributed by atoms with Crippen LogP contribution in [0.1, 0.15) is 31.8 Å². The molecule has 0 saturated heterocycles. The molecule has 0 radical (unpaired) electrons. The highest BCUT2D eigenvalue weighted by atomic mass is 32.2. The van der Waals surface area contributed by atoms with Crippen LogP contribution in [-0.4, -0.2) is 15.8 Å². The maximum absolute atomic E-state index is 10.8. The normalized spacial score (nSPS) is 13.1. The fourth-order valence-electron chi connectivity index (χ4n) is 1.06. The van der Waals surface area contributed by atoms with Crippen LogP contribution >= 0.6 is 23.1 Å². The van der Waals surface area contributed by atoms with E-state index in [1.807, 2.05) is 0 Å². The van der Waals surface area contributed by atoms with Gasteiger partial charge in [0.1, 0.15) is 4.21 Å². The molecule has 1 rings (SSSR count). The molecular weight excluding hydrogens is 246 g/mol. The molecule has 0 fully saturated rings. The molecule has 1 N–H and O–H groups in total. The Morgan fingerprint density at radius 3 is 2.62 bits per heavy atom. The number of thiophene rings is 1. The van der Waals surface area contributed by atoms with E-state index < -0.39 is 6.10 Å². The molecule has 4 nitrogen and oxygen atoms in total. The maximum Gasteiger partial charge on any atom is 0.294 e. The summed E-state index contributed by atoms with van der Waals surface area (Å²) in [6.07, 6.45) is -0.642. The summed E-state index contributed by atoms with van der Waals surface area (Å²) < 4.78 is 0.689. The van der Waals surface area contributed by atoms with Crippen LogP contribution in [0.2, 0.25) is 0 Å². The number of aliphatic hydroxyl groups is 1. The Kier molecular flexibility index (Phi) is 4.76. The van der Waals surface area contributed by atoms with E-state index in [0.29, 0.717) is 15.0 Å². The molecule has 1 heterocycles. The van der Waals surface area contributed by atoms with Crippen molar-refractivity contribution in [3.63, 3.8) is 0 Å². The van der Waals surface area contributed by atoms with Crippen LogP contribution in [0.4, 0.5) is 5.69 Å². The number of thioether (sulfide) groups is 1. The fraction of sp³-hybridized carbons (Fsp3) is 0.600. The topological polar surface area (TPSA) is 63.4 Å². The van der Waals surface area contributed by atoms with Gasteiger partial charge in [-0.2, -0.15) is 0 Å². The Bertz CT molecular complexity index is 374. The van der Waals surface area contributed by atoms with Gasteiger partial charge in [0, 0.05) is 16.7 Å². The molecule has 0 amide bonds. The van der Waals surface area contributed by atoms with Crippen LogP contribution in [0.3, 0.4) is 0 Å². The number of rotatable bonds is 5. The quantitative estimate of drug-likeness (QED) is 0.501. The van der Waals surface area contributed by atoms with Gasteiger partial charge in [-0.25, -0.2) is 0 Å². The minimum absolute atomic E-state index is 0.117. The van der Waals surface area contributed by atoms with E-state index in [4.69, 9.17) is 0 Å². The fourth-order valence-corrected chi connectivity index (χ4v) is 3.35. The van der Waals surface area contributed by atoms with Gasteiger partial charge in [0.25, 0.3) is 5.69 Å². The molecule has 0 spiro atoms. The lowest BCUT2D eigenvalue weighted by Gasteiger charge is -2.01. The van der Waals surface area contributed by atoms with E-state index >= 15 is 0 Å². The Balaban J connectivity index is 2.91. The van der Waals surface area contributed by atoms with Crippen molar-refractivity contribution in [2.24, 2.45) is 5.92 Å². The zero-order valence-corrected chi connectivity index (χ0v) is 11.1. The first-order chi connectivity index (χ1) is 7.41. The van der Waals surface area contributed by atoms with Crippen molar-refractivity contribution in [1.29, 1.82) is 0 Å². The Morgan fingerprint density at radius 1 is 1.56 bits per heavy atom. The van der Waals surface area contributed by atoms with E-state index in [1.165, 1.54) is 29.2 Å². The molecule has 0 aromatic carbocycles. The van der Waals surface area contributed by atoms with Crippen LogP contribution in [0.15, 0.2) is 10.3 Å².